The standard InChI is InChI=1S/C16H19NO3/c1-9-11-6-5-10(17)7-13(11)20-15(19)12(9)8-14(18)16(2,3)4/h5-7H,8,17H2,1-4H3. The molecule has 0 aliphatic carbocycles. The van der Waals surface area contributed by atoms with Crippen molar-refractivity contribution in [1.29, 1.82) is 0 Å². The van der Waals surface area contributed by atoms with Gasteiger partial charge in [-0.1, -0.05) is 20.8 Å². The molecular formula is C16H19NO3. The quantitative estimate of drug-likeness (QED) is 0.674. The van der Waals surface area contributed by atoms with E-state index in [2.05, 4.69) is 0 Å². The van der Waals surface area contributed by atoms with E-state index in [0.717, 1.165) is 10.9 Å². The molecule has 0 spiro atoms. The van der Waals surface area contributed by atoms with Crippen molar-refractivity contribution in [2.75, 3.05) is 5.73 Å². The van der Waals surface area contributed by atoms with Crippen molar-refractivity contribution in [3.05, 3.63) is 39.7 Å². The molecule has 1 heterocycles. The third kappa shape index (κ3) is 2.59. The van der Waals surface area contributed by atoms with Crippen molar-refractivity contribution < 1.29 is 9.21 Å². The first-order valence-corrected chi connectivity index (χ1v) is 6.55. The number of anilines is 1. The summed E-state index contributed by atoms with van der Waals surface area (Å²) in [6.45, 7) is 7.36. The van der Waals surface area contributed by atoms with Gasteiger partial charge in [0.25, 0.3) is 0 Å². The largest absolute Gasteiger partial charge is 0.422 e. The van der Waals surface area contributed by atoms with Crippen LogP contribution >= 0.6 is 0 Å². The van der Waals surface area contributed by atoms with Gasteiger partial charge in [-0.3, -0.25) is 4.79 Å². The number of aryl methyl sites for hydroxylation is 1. The summed E-state index contributed by atoms with van der Waals surface area (Å²) in [6.07, 6.45) is 0.0952. The van der Waals surface area contributed by atoms with Crippen molar-refractivity contribution in [1.82, 2.24) is 0 Å². The predicted octanol–water partition coefficient (Wildman–Crippen LogP) is 2.84. The highest BCUT2D eigenvalue weighted by Gasteiger charge is 2.24. The van der Waals surface area contributed by atoms with Gasteiger partial charge in [0.05, 0.1) is 0 Å². The fraction of sp³-hybridized carbons (Fsp3) is 0.375. The minimum atomic E-state index is -0.477. The van der Waals surface area contributed by atoms with Gasteiger partial charge in [-0.15, -0.1) is 0 Å². The van der Waals surface area contributed by atoms with E-state index >= 15 is 0 Å². The molecule has 4 heteroatoms. The van der Waals surface area contributed by atoms with Crippen LogP contribution < -0.4 is 11.4 Å². The SMILES string of the molecule is Cc1c(CC(=O)C(C)(C)C)c(=O)oc2cc(N)ccc12. The number of hydrogen-bond acceptors (Lipinski definition) is 4. The molecule has 0 fully saturated rings. The van der Waals surface area contributed by atoms with Gasteiger partial charge in [-0.05, 0) is 24.6 Å². The Hall–Kier alpha value is -2.10. The summed E-state index contributed by atoms with van der Waals surface area (Å²) < 4.78 is 5.28. The summed E-state index contributed by atoms with van der Waals surface area (Å²) in [4.78, 5) is 24.2. The monoisotopic (exact) mass is 273 g/mol. The maximum Gasteiger partial charge on any atom is 0.340 e. The van der Waals surface area contributed by atoms with Gasteiger partial charge in [-0.2, -0.15) is 0 Å². The molecule has 0 unspecified atom stereocenters. The zero-order valence-electron chi connectivity index (χ0n) is 12.2. The van der Waals surface area contributed by atoms with Crippen LogP contribution in [0.15, 0.2) is 27.4 Å². The van der Waals surface area contributed by atoms with E-state index in [-0.39, 0.29) is 12.2 Å². The smallest absolute Gasteiger partial charge is 0.340 e. The highest BCUT2D eigenvalue weighted by atomic mass is 16.4. The lowest BCUT2D eigenvalue weighted by Gasteiger charge is -2.17. The molecule has 2 aromatic rings. The Kier molecular flexibility index (Phi) is 3.42. The van der Waals surface area contributed by atoms with Gasteiger partial charge >= 0.3 is 5.63 Å². The van der Waals surface area contributed by atoms with Crippen molar-refractivity contribution >= 4 is 22.4 Å². The molecule has 106 valence electrons. The molecule has 1 aromatic heterocycles. The van der Waals surface area contributed by atoms with Crippen LogP contribution in [0.1, 0.15) is 31.9 Å². The molecule has 0 bridgehead atoms. The molecule has 1 aromatic carbocycles. The molecule has 0 saturated heterocycles. The Morgan fingerprint density at radius 2 is 1.95 bits per heavy atom. The molecule has 4 nitrogen and oxygen atoms in total. The zero-order chi connectivity index (χ0) is 15.1. The van der Waals surface area contributed by atoms with Gasteiger partial charge in [0.15, 0.2) is 0 Å². The van der Waals surface area contributed by atoms with Gasteiger partial charge in [0.2, 0.25) is 0 Å². The fourth-order valence-electron chi connectivity index (χ4n) is 2.04. The van der Waals surface area contributed by atoms with Crippen LogP contribution in [-0.2, 0) is 11.2 Å². The number of carbonyl (C=O) groups excluding carboxylic acids is 1. The van der Waals surface area contributed by atoms with Crippen LogP contribution in [0.3, 0.4) is 0 Å². The lowest BCUT2D eigenvalue weighted by molar-refractivity contribution is -0.125. The van der Waals surface area contributed by atoms with Crippen LogP contribution in [0.5, 0.6) is 0 Å². The Bertz CT molecular complexity index is 736. The molecule has 2 N–H and O–H groups in total. The highest BCUT2D eigenvalue weighted by Crippen LogP contribution is 2.24. The lowest BCUT2D eigenvalue weighted by atomic mass is 9.86. The van der Waals surface area contributed by atoms with E-state index in [1.807, 2.05) is 33.8 Å². The van der Waals surface area contributed by atoms with Gasteiger partial charge in [0.1, 0.15) is 11.4 Å². The van der Waals surface area contributed by atoms with Crippen molar-refractivity contribution in [3.63, 3.8) is 0 Å². The third-order valence-corrected chi connectivity index (χ3v) is 3.49. The summed E-state index contributed by atoms with van der Waals surface area (Å²) in [5.41, 5.74) is 6.96. The van der Waals surface area contributed by atoms with Gasteiger partial charge in [0, 0.05) is 34.5 Å². The predicted molar refractivity (Wildman–Crippen MR) is 79.8 cm³/mol. The number of rotatable bonds is 2. The first-order valence-electron chi connectivity index (χ1n) is 6.55. The van der Waals surface area contributed by atoms with Crippen LogP contribution in [-0.4, -0.2) is 5.78 Å². The maximum absolute atomic E-state index is 12.1. The normalized spacial score (nSPS) is 11.8. The van der Waals surface area contributed by atoms with Gasteiger partial charge < -0.3 is 10.2 Å². The summed E-state index contributed by atoms with van der Waals surface area (Å²) in [6, 6.07) is 5.19. The molecule has 0 aliphatic rings. The number of ketones is 1. The number of benzene rings is 1. The topological polar surface area (TPSA) is 73.3 Å². The Balaban J connectivity index is 2.58. The van der Waals surface area contributed by atoms with Crippen LogP contribution in [0.4, 0.5) is 5.69 Å². The highest BCUT2D eigenvalue weighted by molar-refractivity contribution is 5.88. The van der Waals surface area contributed by atoms with E-state index in [1.54, 1.807) is 12.1 Å². The number of carbonyl (C=O) groups is 1. The fourth-order valence-corrected chi connectivity index (χ4v) is 2.04. The van der Waals surface area contributed by atoms with E-state index in [9.17, 15) is 9.59 Å². The number of nitrogens with two attached hydrogens (primary N) is 1. The number of nitrogen functional groups attached to an aromatic ring is 1. The molecule has 0 atom stereocenters. The summed E-state index contributed by atoms with van der Waals surface area (Å²) in [5, 5.41) is 0.815. The summed E-state index contributed by atoms with van der Waals surface area (Å²) in [7, 11) is 0. The van der Waals surface area contributed by atoms with Gasteiger partial charge in [-0.25, -0.2) is 4.79 Å². The van der Waals surface area contributed by atoms with Crippen LogP contribution in [0, 0.1) is 12.3 Å². The van der Waals surface area contributed by atoms with Crippen LogP contribution in [0.2, 0.25) is 0 Å². The molecule has 0 saturated carbocycles. The average molecular weight is 273 g/mol. The number of fused-ring (bicyclic) bond motifs is 1. The van der Waals surface area contributed by atoms with Crippen molar-refractivity contribution in [3.8, 4) is 0 Å². The lowest BCUT2D eigenvalue weighted by Crippen LogP contribution is -2.25. The molecule has 0 radical (unpaired) electrons. The molecular weight excluding hydrogens is 254 g/mol. The maximum atomic E-state index is 12.1. The minimum Gasteiger partial charge on any atom is -0.422 e. The molecule has 20 heavy (non-hydrogen) atoms. The summed E-state index contributed by atoms with van der Waals surface area (Å²) >= 11 is 0. The third-order valence-electron chi connectivity index (χ3n) is 3.49. The van der Waals surface area contributed by atoms with E-state index in [1.165, 1.54) is 0 Å². The summed E-state index contributed by atoms with van der Waals surface area (Å²) in [5.74, 6) is 0.0164. The Morgan fingerprint density at radius 3 is 2.55 bits per heavy atom. The van der Waals surface area contributed by atoms with E-state index < -0.39 is 11.0 Å². The zero-order valence-corrected chi connectivity index (χ0v) is 12.2. The first kappa shape index (κ1) is 14.3. The second-order valence-electron chi connectivity index (χ2n) is 6.10. The Labute approximate surface area is 117 Å². The second kappa shape index (κ2) is 4.78. The van der Waals surface area contributed by atoms with Crippen molar-refractivity contribution in [2.45, 2.75) is 34.1 Å². The first-order chi connectivity index (χ1) is 9.20. The number of Topliss-reactive ketones (excluding diaryl/α,β-unsaturated/α-hetero) is 1. The second-order valence-corrected chi connectivity index (χ2v) is 6.10. The van der Waals surface area contributed by atoms with E-state index in [0.29, 0.717) is 16.8 Å². The average Bonchev–Trinajstić information content (AvgIpc) is 2.32. The Morgan fingerprint density at radius 1 is 1.30 bits per heavy atom. The van der Waals surface area contributed by atoms with Crippen LogP contribution in [0.25, 0.3) is 11.0 Å². The minimum absolute atomic E-state index is 0.0164. The van der Waals surface area contributed by atoms with E-state index in [4.69, 9.17) is 10.2 Å². The number of hydrogen-bond donors (Lipinski definition) is 1. The molecule has 2 rings (SSSR count). The van der Waals surface area contributed by atoms with Crippen molar-refractivity contribution in [2.24, 2.45) is 5.41 Å². The molecule has 0 aliphatic heterocycles. The molecule has 0 amide bonds.